The van der Waals surface area contributed by atoms with Gasteiger partial charge in [-0.25, -0.2) is 4.79 Å². The van der Waals surface area contributed by atoms with Crippen LogP contribution < -0.4 is 5.63 Å². The molecule has 0 aliphatic heterocycles. The SMILES string of the molecule is O=c1oc(C(Cc2ccc(O)cc2)CC2CC2)cc(O)c1C(c1cccs1)C1CC1. The van der Waals surface area contributed by atoms with Gasteiger partial charge in [0.05, 0.1) is 5.56 Å². The standard InChI is InChI=1S/C25H26O4S/c26-19-9-5-16(6-10-19)13-18(12-15-3-4-15)21-14-20(27)24(25(28)29-21)23(17-7-8-17)22-2-1-11-30-22/h1-2,5-6,9-11,14-15,17-18,23,26-27H,3-4,7-8,12-13H2. The van der Waals surface area contributed by atoms with E-state index in [1.807, 2.05) is 29.6 Å². The highest BCUT2D eigenvalue weighted by molar-refractivity contribution is 7.10. The third-order valence-corrected chi connectivity index (χ3v) is 7.33. The topological polar surface area (TPSA) is 70.7 Å². The van der Waals surface area contributed by atoms with E-state index in [0.29, 0.717) is 23.2 Å². The van der Waals surface area contributed by atoms with Crippen LogP contribution in [0.2, 0.25) is 0 Å². The van der Waals surface area contributed by atoms with Crippen molar-refractivity contribution in [3.63, 3.8) is 0 Å². The van der Waals surface area contributed by atoms with Gasteiger partial charge in [0, 0.05) is 22.8 Å². The third-order valence-electron chi connectivity index (χ3n) is 6.38. The van der Waals surface area contributed by atoms with Crippen LogP contribution in [0.25, 0.3) is 0 Å². The Morgan fingerprint density at radius 2 is 1.83 bits per heavy atom. The van der Waals surface area contributed by atoms with E-state index in [1.165, 1.54) is 12.8 Å². The number of hydrogen-bond donors (Lipinski definition) is 2. The summed E-state index contributed by atoms with van der Waals surface area (Å²) in [5.74, 6) is 1.91. The summed E-state index contributed by atoms with van der Waals surface area (Å²) in [5, 5.41) is 22.5. The molecule has 2 unspecified atom stereocenters. The summed E-state index contributed by atoms with van der Waals surface area (Å²) in [6.45, 7) is 0. The van der Waals surface area contributed by atoms with Gasteiger partial charge in [0.25, 0.3) is 0 Å². The Morgan fingerprint density at radius 3 is 2.43 bits per heavy atom. The lowest BCUT2D eigenvalue weighted by Crippen LogP contribution is -2.17. The zero-order valence-corrected chi connectivity index (χ0v) is 17.6. The molecule has 0 radical (unpaired) electrons. The zero-order valence-electron chi connectivity index (χ0n) is 16.8. The van der Waals surface area contributed by atoms with Gasteiger partial charge in [-0.1, -0.05) is 31.0 Å². The second-order valence-electron chi connectivity index (χ2n) is 8.81. The summed E-state index contributed by atoms with van der Waals surface area (Å²) >= 11 is 1.63. The van der Waals surface area contributed by atoms with Crippen molar-refractivity contribution in [3.8, 4) is 11.5 Å². The van der Waals surface area contributed by atoms with Crippen molar-refractivity contribution in [2.75, 3.05) is 0 Å². The van der Waals surface area contributed by atoms with E-state index >= 15 is 0 Å². The predicted molar refractivity (Wildman–Crippen MR) is 117 cm³/mol. The number of phenols is 1. The predicted octanol–water partition coefficient (Wildman–Crippen LogP) is 5.78. The van der Waals surface area contributed by atoms with Crippen molar-refractivity contribution >= 4 is 11.3 Å². The molecule has 5 rings (SSSR count). The smallest absolute Gasteiger partial charge is 0.343 e. The van der Waals surface area contributed by atoms with E-state index in [1.54, 1.807) is 29.5 Å². The van der Waals surface area contributed by atoms with Crippen LogP contribution in [0.4, 0.5) is 0 Å². The van der Waals surface area contributed by atoms with Crippen molar-refractivity contribution in [2.24, 2.45) is 11.8 Å². The van der Waals surface area contributed by atoms with Crippen molar-refractivity contribution in [1.29, 1.82) is 0 Å². The lowest BCUT2D eigenvalue weighted by molar-refractivity contribution is 0.371. The molecule has 5 heteroatoms. The van der Waals surface area contributed by atoms with Crippen LogP contribution in [0.5, 0.6) is 11.5 Å². The van der Waals surface area contributed by atoms with E-state index in [9.17, 15) is 15.0 Å². The summed E-state index contributed by atoms with van der Waals surface area (Å²) in [6, 6.07) is 12.9. The molecule has 2 fully saturated rings. The molecule has 0 amide bonds. The largest absolute Gasteiger partial charge is 0.508 e. The van der Waals surface area contributed by atoms with Crippen LogP contribution in [0.3, 0.4) is 0 Å². The zero-order chi connectivity index (χ0) is 20.7. The molecule has 3 aromatic rings. The Balaban J connectivity index is 1.48. The van der Waals surface area contributed by atoms with Crippen LogP contribution in [0.1, 0.15) is 65.7 Å². The summed E-state index contributed by atoms with van der Waals surface area (Å²) in [4.78, 5) is 14.2. The van der Waals surface area contributed by atoms with Gasteiger partial charge in [-0.15, -0.1) is 11.3 Å². The minimum atomic E-state index is -0.401. The molecule has 0 saturated heterocycles. The third kappa shape index (κ3) is 4.17. The molecule has 2 heterocycles. The first-order valence-corrected chi connectivity index (χ1v) is 11.6. The number of rotatable bonds is 8. The van der Waals surface area contributed by atoms with Crippen molar-refractivity contribution in [2.45, 2.75) is 50.4 Å². The summed E-state index contributed by atoms with van der Waals surface area (Å²) in [6.07, 6.45) is 6.24. The molecule has 0 bridgehead atoms. The van der Waals surface area contributed by atoms with E-state index in [4.69, 9.17) is 4.42 Å². The Kier molecular flexibility index (Phi) is 5.15. The molecule has 2 saturated carbocycles. The van der Waals surface area contributed by atoms with Crippen molar-refractivity contribution < 1.29 is 14.6 Å². The van der Waals surface area contributed by atoms with E-state index in [2.05, 4.69) is 0 Å². The maximum absolute atomic E-state index is 13.1. The van der Waals surface area contributed by atoms with Crippen LogP contribution in [-0.2, 0) is 6.42 Å². The van der Waals surface area contributed by atoms with Gasteiger partial charge < -0.3 is 14.6 Å². The molecule has 2 aliphatic carbocycles. The number of thiophene rings is 1. The monoisotopic (exact) mass is 422 g/mol. The molecule has 156 valence electrons. The molecule has 4 nitrogen and oxygen atoms in total. The van der Waals surface area contributed by atoms with Gasteiger partial charge in [-0.2, -0.15) is 0 Å². The van der Waals surface area contributed by atoms with Crippen molar-refractivity contribution in [1.82, 2.24) is 0 Å². The van der Waals surface area contributed by atoms with Gasteiger partial charge in [-0.3, -0.25) is 0 Å². The van der Waals surface area contributed by atoms with E-state index < -0.39 is 5.63 Å². The molecular weight excluding hydrogens is 396 g/mol. The Bertz CT molecular complexity index is 1060. The highest BCUT2D eigenvalue weighted by Crippen LogP contribution is 2.49. The number of aromatic hydroxyl groups is 2. The first-order chi connectivity index (χ1) is 14.6. The Hall–Kier alpha value is -2.53. The van der Waals surface area contributed by atoms with Gasteiger partial charge >= 0.3 is 5.63 Å². The van der Waals surface area contributed by atoms with Crippen LogP contribution >= 0.6 is 11.3 Å². The molecule has 2 aromatic heterocycles. The second kappa shape index (κ2) is 7.95. The van der Waals surface area contributed by atoms with Gasteiger partial charge in [0.1, 0.15) is 17.3 Å². The second-order valence-corrected chi connectivity index (χ2v) is 9.79. The average molecular weight is 423 g/mol. The number of hydrogen-bond acceptors (Lipinski definition) is 5. The van der Waals surface area contributed by atoms with Crippen LogP contribution in [0, 0.1) is 11.8 Å². The fraction of sp³-hybridized carbons (Fsp3) is 0.400. The molecular formula is C25H26O4S. The molecule has 2 N–H and O–H groups in total. The normalized spacial score (nSPS) is 18.3. The summed E-state index contributed by atoms with van der Waals surface area (Å²) in [5.41, 5.74) is 1.10. The van der Waals surface area contributed by atoms with Gasteiger partial charge in [0.15, 0.2) is 0 Å². The fourth-order valence-electron chi connectivity index (χ4n) is 4.48. The molecule has 2 atom stereocenters. The Labute approximate surface area is 179 Å². The quantitative estimate of drug-likeness (QED) is 0.483. The van der Waals surface area contributed by atoms with E-state index in [-0.39, 0.29) is 23.3 Å². The average Bonchev–Trinajstić information content (AvgIpc) is 3.65. The highest BCUT2D eigenvalue weighted by Gasteiger charge is 2.38. The molecule has 30 heavy (non-hydrogen) atoms. The molecule has 1 aromatic carbocycles. The summed E-state index contributed by atoms with van der Waals surface area (Å²) in [7, 11) is 0. The number of benzene rings is 1. The minimum absolute atomic E-state index is 0.0378. The lowest BCUT2D eigenvalue weighted by Gasteiger charge is -2.19. The van der Waals surface area contributed by atoms with Crippen molar-refractivity contribution in [3.05, 3.63) is 80.0 Å². The van der Waals surface area contributed by atoms with Crippen LogP contribution in [0.15, 0.2) is 57.1 Å². The summed E-state index contributed by atoms with van der Waals surface area (Å²) < 4.78 is 5.87. The fourth-order valence-corrected chi connectivity index (χ4v) is 5.40. The molecule has 2 aliphatic rings. The number of phenolic OH excluding ortho intramolecular Hbond substituents is 1. The van der Waals surface area contributed by atoms with Gasteiger partial charge in [0.2, 0.25) is 0 Å². The molecule has 0 spiro atoms. The maximum Gasteiger partial charge on any atom is 0.343 e. The first-order valence-electron chi connectivity index (χ1n) is 10.8. The lowest BCUT2D eigenvalue weighted by atomic mass is 9.89. The van der Waals surface area contributed by atoms with Gasteiger partial charge in [-0.05, 0) is 66.7 Å². The minimum Gasteiger partial charge on any atom is -0.508 e. The first kappa shape index (κ1) is 19.4. The van der Waals surface area contributed by atoms with Crippen LogP contribution in [-0.4, -0.2) is 10.2 Å². The van der Waals surface area contributed by atoms with E-state index in [0.717, 1.165) is 36.1 Å². The highest BCUT2D eigenvalue weighted by atomic mass is 32.1. The maximum atomic E-state index is 13.1. The Morgan fingerprint density at radius 1 is 1.07 bits per heavy atom.